The molecule has 1 unspecified atom stereocenters. The molecule has 1 N–H and O–H groups in total. The van der Waals surface area contributed by atoms with Gasteiger partial charge in [0.25, 0.3) is 0 Å². The molecule has 0 radical (unpaired) electrons. The summed E-state index contributed by atoms with van der Waals surface area (Å²) in [5, 5.41) is 3.36. The summed E-state index contributed by atoms with van der Waals surface area (Å²) in [5.74, 6) is 1.67. The minimum Gasteiger partial charge on any atom is -0.384 e. The quantitative estimate of drug-likeness (QED) is 0.831. The van der Waals surface area contributed by atoms with Crippen LogP contribution < -0.4 is 5.32 Å². The summed E-state index contributed by atoms with van der Waals surface area (Å²) in [4.78, 5) is 4.62. The number of fused-ring (bicyclic) bond motifs is 1. The van der Waals surface area contributed by atoms with Gasteiger partial charge in [0.15, 0.2) is 0 Å². The zero-order chi connectivity index (χ0) is 11.5. The van der Waals surface area contributed by atoms with Crippen LogP contribution in [0.2, 0.25) is 0 Å². The maximum atomic E-state index is 5.19. The van der Waals surface area contributed by atoms with Crippen molar-refractivity contribution in [3.63, 3.8) is 0 Å². The summed E-state index contributed by atoms with van der Waals surface area (Å²) < 4.78 is 7.55. The Bertz CT molecular complexity index is 359. The molecule has 1 aliphatic heterocycles. The number of hydrogen-bond donors (Lipinski definition) is 1. The van der Waals surface area contributed by atoms with Crippen LogP contribution in [-0.2, 0) is 24.2 Å². The zero-order valence-electron chi connectivity index (χ0n) is 10.4. The summed E-state index contributed by atoms with van der Waals surface area (Å²) in [6.45, 7) is 8.12. The first-order valence-corrected chi connectivity index (χ1v) is 5.97. The van der Waals surface area contributed by atoms with E-state index in [2.05, 4.69) is 28.7 Å². The average Bonchev–Trinajstić information content (AvgIpc) is 2.56. The lowest BCUT2D eigenvalue weighted by atomic mass is 10.1. The Hall–Kier alpha value is -0.870. The van der Waals surface area contributed by atoms with Crippen LogP contribution in [0.1, 0.15) is 24.1 Å². The van der Waals surface area contributed by atoms with Crippen LogP contribution in [0.5, 0.6) is 0 Å². The van der Waals surface area contributed by atoms with Crippen LogP contribution in [0, 0.1) is 12.8 Å². The van der Waals surface area contributed by atoms with Gasteiger partial charge < -0.3 is 14.6 Å². The van der Waals surface area contributed by atoms with Gasteiger partial charge in [-0.3, -0.25) is 0 Å². The Morgan fingerprint density at radius 2 is 2.38 bits per heavy atom. The van der Waals surface area contributed by atoms with Gasteiger partial charge in [-0.05, 0) is 12.8 Å². The van der Waals surface area contributed by atoms with Gasteiger partial charge in [0.05, 0.1) is 12.3 Å². The molecule has 0 bridgehead atoms. The molecule has 2 heterocycles. The Balaban J connectivity index is 2.16. The van der Waals surface area contributed by atoms with Crippen molar-refractivity contribution in [2.24, 2.45) is 5.92 Å². The molecular weight excluding hydrogens is 202 g/mol. The molecule has 0 saturated carbocycles. The number of aromatic nitrogens is 2. The predicted octanol–water partition coefficient (Wildman–Crippen LogP) is 1.12. The molecule has 2 rings (SSSR count). The van der Waals surface area contributed by atoms with Gasteiger partial charge in [0.1, 0.15) is 5.82 Å². The topological polar surface area (TPSA) is 39.1 Å². The van der Waals surface area contributed by atoms with E-state index in [0.717, 1.165) is 38.5 Å². The van der Waals surface area contributed by atoms with E-state index in [4.69, 9.17) is 4.74 Å². The lowest BCUT2D eigenvalue weighted by Gasteiger charge is -2.18. The van der Waals surface area contributed by atoms with E-state index in [1.807, 2.05) is 0 Å². The van der Waals surface area contributed by atoms with E-state index in [9.17, 15) is 0 Å². The van der Waals surface area contributed by atoms with Crippen molar-refractivity contribution in [2.75, 3.05) is 20.3 Å². The van der Waals surface area contributed by atoms with Gasteiger partial charge in [-0.25, -0.2) is 4.98 Å². The molecule has 0 amide bonds. The first-order valence-electron chi connectivity index (χ1n) is 5.97. The number of hydrogen-bond acceptors (Lipinski definition) is 3. The van der Waals surface area contributed by atoms with E-state index >= 15 is 0 Å². The zero-order valence-corrected chi connectivity index (χ0v) is 10.4. The smallest absolute Gasteiger partial charge is 0.106 e. The number of rotatable bonds is 4. The third-order valence-electron chi connectivity index (χ3n) is 3.12. The fourth-order valence-electron chi connectivity index (χ4n) is 2.40. The van der Waals surface area contributed by atoms with Crippen LogP contribution in [0.15, 0.2) is 0 Å². The van der Waals surface area contributed by atoms with Crippen molar-refractivity contribution in [2.45, 2.75) is 33.4 Å². The fourth-order valence-corrected chi connectivity index (χ4v) is 2.40. The molecule has 0 spiro atoms. The summed E-state index contributed by atoms with van der Waals surface area (Å²) in [6, 6.07) is 0. The van der Waals surface area contributed by atoms with Crippen molar-refractivity contribution in [1.29, 1.82) is 0 Å². The summed E-state index contributed by atoms with van der Waals surface area (Å²) >= 11 is 0. The minimum atomic E-state index is 0.539. The van der Waals surface area contributed by atoms with E-state index in [1.165, 1.54) is 11.4 Å². The van der Waals surface area contributed by atoms with Gasteiger partial charge in [0, 0.05) is 38.9 Å². The number of imidazole rings is 1. The number of nitrogens with zero attached hydrogens (tertiary/aromatic N) is 2. The van der Waals surface area contributed by atoms with E-state index in [-0.39, 0.29) is 0 Å². The lowest BCUT2D eigenvalue weighted by molar-refractivity contribution is 0.150. The molecular formula is C12H21N3O. The van der Waals surface area contributed by atoms with Crippen molar-refractivity contribution < 1.29 is 4.74 Å². The maximum Gasteiger partial charge on any atom is 0.106 e. The molecule has 1 aliphatic rings. The van der Waals surface area contributed by atoms with Gasteiger partial charge in [-0.15, -0.1) is 0 Å². The third-order valence-corrected chi connectivity index (χ3v) is 3.12. The molecule has 4 nitrogen and oxygen atoms in total. The first kappa shape index (κ1) is 11.6. The second kappa shape index (κ2) is 4.97. The highest BCUT2D eigenvalue weighted by Crippen LogP contribution is 2.17. The fraction of sp³-hybridized carbons (Fsp3) is 0.750. The Labute approximate surface area is 97.0 Å². The molecule has 0 aliphatic carbocycles. The van der Waals surface area contributed by atoms with E-state index in [0.29, 0.717) is 5.92 Å². The highest BCUT2D eigenvalue weighted by atomic mass is 16.5. The third kappa shape index (κ3) is 2.28. The lowest BCUT2D eigenvalue weighted by Crippen LogP contribution is -2.26. The van der Waals surface area contributed by atoms with Gasteiger partial charge >= 0.3 is 0 Å². The minimum absolute atomic E-state index is 0.539. The number of aryl methyl sites for hydroxylation is 1. The maximum absolute atomic E-state index is 5.19. The van der Waals surface area contributed by atoms with Gasteiger partial charge in [0.2, 0.25) is 0 Å². The number of methoxy groups -OCH3 is 1. The number of ether oxygens (including phenoxy) is 1. The van der Waals surface area contributed by atoms with Gasteiger partial charge in [-0.1, -0.05) is 6.92 Å². The average molecular weight is 223 g/mol. The number of nitrogens with one attached hydrogen (secondary N) is 1. The van der Waals surface area contributed by atoms with Crippen molar-refractivity contribution >= 4 is 0 Å². The second-order valence-electron chi connectivity index (χ2n) is 4.65. The van der Waals surface area contributed by atoms with Gasteiger partial charge in [-0.2, -0.15) is 0 Å². The van der Waals surface area contributed by atoms with Crippen LogP contribution in [-0.4, -0.2) is 29.8 Å². The molecule has 16 heavy (non-hydrogen) atoms. The van der Waals surface area contributed by atoms with Crippen molar-refractivity contribution in [3.8, 4) is 0 Å². The SMILES string of the molecule is COCC(C)Cn1c(C)nc2c1CCNC2. The molecule has 0 fully saturated rings. The monoisotopic (exact) mass is 223 g/mol. The molecule has 1 aromatic rings. The molecule has 0 aromatic carbocycles. The summed E-state index contributed by atoms with van der Waals surface area (Å²) in [6.07, 6.45) is 1.09. The molecule has 4 heteroatoms. The standard InChI is InChI=1S/C12H21N3O/c1-9(8-16-3)7-15-10(2)14-11-6-13-5-4-12(11)15/h9,13H,4-8H2,1-3H3. The highest BCUT2D eigenvalue weighted by Gasteiger charge is 2.18. The van der Waals surface area contributed by atoms with Crippen LogP contribution in [0.3, 0.4) is 0 Å². The van der Waals surface area contributed by atoms with Crippen LogP contribution >= 0.6 is 0 Å². The van der Waals surface area contributed by atoms with Crippen LogP contribution in [0.25, 0.3) is 0 Å². The van der Waals surface area contributed by atoms with E-state index < -0.39 is 0 Å². The Morgan fingerprint density at radius 1 is 1.56 bits per heavy atom. The molecule has 1 aromatic heterocycles. The largest absolute Gasteiger partial charge is 0.384 e. The first-order chi connectivity index (χ1) is 7.72. The summed E-state index contributed by atoms with van der Waals surface area (Å²) in [5.41, 5.74) is 2.65. The Kier molecular flexibility index (Phi) is 3.61. The highest BCUT2D eigenvalue weighted by molar-refractivity contribution is 5.19. The van der Waals surface area contributed by atoms with Crippen LogP contribution in [0.4, 0.5) is 0 Å². The van der Waals surface area contributed by atoms with E-state index in [1.54, 1.807) is 7.11 Å². The second-order valence-corrected chi connectivity index (χ2v) is 4.65. The predicted molar refractivity (Wildman–Crippen MR) is 63.4 cm³/mol. The molecule has 1 atom stereocenters. The van der Waals surface area contributed by atoms with Crippen molar-refractivity contribution in [3.05, 3.63) is 17.2 Å². The molecule has 90 valence electrons. The normalized spacial score (nSPS) is 17.2. The summed E-state index contributed by atoms with van der Waals surface area (Å²) in [7, 11) is 1.76. The molecule has 0 saturated heterocycles. The Morgan fingerprint density at radius 3 is 3.12 bits per heavy atom. The van der Waals surface area contributed by atoms with Crippen molar-refractivity contribution in [1.82, 2.24) is 14.9 Å².